The lowest BCUT2D eigenvalue weighted by molar-refractivity contribution is -0.392. The summed E-state index contributed by atoms with van der Waals surface area (Å²) in [5, 5.41) is 142. The largest absolute Gasteiger partial charge is 0.474 e. The second kappa shape index (κ2) is 20.1. The first-order valence-electron chi connectivity index (χ1n) is 19.2. The molecule has 6 saturated heterocycles. The molecular formula is C32H54NO27P. The Labute approximate surface area is 345 Å². The molecular weight excluding hydrogens is 861 g/mol. The average Bonchev–Trinajstić information content (AvgIpc) is 3.21. The Balaban J connectivity index is 1.45. The van der Waals surface area contributed by atoms with Gasteiger partial charge in [0.1, 0.15) is 116 Å². The summed E-state index contributed by atoms with van der Waals surface area (Å²) in [6.45, 7) is -1.87. The molecule has 26 atom stereocenters. The molecule has 1 amide bonds. The molecule has 6 bridgehead atoms. The standard InChI is InChI=1S/C32H54NO27P/c1-7-14(38)18(42)21(45)29(51-7)56-24-11(5-36)54-31-23(47)26(24)58-28-13(33-8(2)37)25(17(41)10(4-35)52-28)57-32-27(20(44)15(39)9(3-34)53-32)59-30-22(46)19(43)16(40)12(55-30)6-50-61(48,49)60-31/h7,9-32,34-36,38-47H,3-6H2,1-2H3,(H,33,37)(H,48,49)/t7-,9+,10+,11+,12+,13+,14+,15+,16+,17+,18+,19-,20-,21-,22+,23+,24+,25+,26+,27+,28-,29-,30+,31+,32-/m0/s1. The summed E-state index contributed by atoms with van der Waals surface area (Å²) < 4.78 is 75.6. The van der Waals surface area contributed by atoms with E-state index < -0.39 is 194 Å². The zero-order valence-electron chi connectivity index (χ0n) is 32.3. The van der Waals surface area contributed by atoms with Crippen LogP contribution in [0, 0.1) is 0 Å². The highest BCUT2D eigenvalue weighted by Crippen LogP contribution is 2.48. The van der Waals surface area contributed by atoms with Crippen LogP contribution in [0.3, 0.4) is 0 Å². The maximum absolute atomic E-state index is 13.4. The lowest BCUT2D eigenvalue weighted by atomic mass is 9.94. The highest BCUT2D eigenvalue weighted by Gasteiger charge is 2.58. The maximum Gasteiger partial charge on any atom is 0.474 e. The van der Waals surface area contributed by atoms with Gasteiger partial charge in [-0.2, -0.15) is 0 Å². The van der Waals surface area contributed by atoms with E-state index in [4.69, 9.17) is 51.7 Å². The highest BCUT2D eigenvalue weighted by molar-refractivity contribution is 7.47. The van der Waals surface area contributed by atoms with Gasteiger partial charge in [-0.25, -0.2) is 4.57 Å². The van der Waals surface area contributed by atoms with Gasteiger partial charge in [0.2, 0.25) is 5.91 Å². The fourth-order valence-electron chi connectivity index (χ4n) is 7.73. The summed E-state index contributed by atoms with van der Waals surface area (Å²) in [5.41, 5.74) is 0. The normalized spacial score (nSPS) is 53.8. The first-order chi connectivity index (χ1) is 28.7. The number of fused-ring (bicyclic) bond motifs is 7. The number of nitrogens with one attached hydrogen (secondary N) is 1. The van der Waals surface area contributed by atoms with Crippen LogP contribution in [0.4, 0.5) is 0 Å². The Bertz CT molecular complexity index is 1510. The van der Waals surface area contributed by atoms with Crippen molar-refractivity contribution in [3.8, 4) is 0 Å². The van der Waals surface area contributed by atoms with E-state index in [1.54, 1.807) is 0 Å². The van der Waals surface area contributed by atoms with Crippen molar-refractivity contribution < 1.29 is 132 Å². The Morgan fingerprint density at radius 3 is 1.80 bits per heavy atom. The van der Waals surface area contributed by atoms with Crippen molar-refractivity contribution in [3.05, 3.63) is 0 Å². The van der Waals surface area contributed by atoms with E-state index in [2.05, 4.69) is 5.32 Å². The monoisotopic (exact) mass is 915 g/mol. The Morgan fingerprint density at radius 2 is 1.16 bits per heavy atom. The number of ether oxygens (including phenoxy) is 9. The Kier molecular flexibility index (Phi) is 16.2. The van der Waals surface area contributed by atoms with E-state index in [9.17, 15) is 80.6 Å². The topological polar surface area (TPSA) is 431 Å². The zero-order valence-corrected chi connectivity index (χ0v) is 33.2. The van der Waals surface area contributed by atoms with Crippen molar-refractivity contribution >= 4 is 13.7 Å². The predicted octanol–water partition coefficient (Wildman–Crippen LogP) is -9.59. The van der Waals surface area contributed by atoms with Gasteiger partial charge in [0.15, 0.2) is 31.5 Å². The number of hydrogen-bond acceptors (Lipinski definition) is 26. The summed E-state index contributed by atoms with van der Waals surface area (Å²) in [7, 11) is -5.52. The predicted molar refractivity (Wildman–Crippen MR) is 184 cm³/mol. The molecule has 6 fully saturated rings. The van der Waals surface area contributed by atoms with Gasteiger partial charge in [0.05, 0.1) is 32.5 Å². The number of aliphatic hydroxyl groups is 13. The van der Waals surface area contributed by atoms with E-state index in [0.29, 0.717) is 0 Å². The van der Waals surface area contributed by atoms with Gasteiger partial charge >= 0.3 is 7.82 Å². The number of phosphoric acid groups is 1. The fourth-order valence-corrected chi connectivity index (χ4v) is 8.57. The minimum atomic E-state index is -5.52. The van der Waals surface area contributed by atoms with Crippen LogP contribution in [-0.2, 0) is 61.0 Å². The van der Waals surface area contributed by atoms with E-state index in [-0.39, 0.29) is 0 Å². The second-order valence-electron chi connectivity index (χ2n) is 15.3. The molecule has 0 aromatic rings. The highest BCUT2D eigenvalue weighted by atomic mass is 31.2. The number of amides is 1. The molecule has 61 heavy (non-hydrogen) atoms. The molecule has 6 aliphatic heterocycles. The van der Waals surface area contributed by atoms with Gasteiger partial charge in [0.25, 0.3) is 0 Å². The third kappa shape index (κ3) is 10.2. The fraction of sp³-hybridized carbons (Fsp3) is 0.969. The summed E-state index contributed by atoms with van der Waals surface area (Å²) in [5.74, 6) is -0.862. The maximum atomic E-state index is 13.4. The van der Waals surface area contributed by atoms with Gasteiger partial charge in [-0.1, -0.05) is 0 Å². The SMILES string of the molecule is CC(=O)N[C@H]1[C@@H]2O[C@@H]3[C@@H](O)[C@H](O[C@H](CO)[C@H]3O[C@@H]3O[C@@H](C)[C@@H](O)[C@@H](O)[C@@H]3O)OP(=O)(O)OC[C@H]3O[C@H](O[C@H]4[C@H](O[C@H]1[C@H](O)[C@@H](CO)O2)O[C@H](CO)[C@@H](O)[C@@H]4O)[C@H](O)[C@@H](O)[C@@H]3O. The number of hydrogen-bond donors (Lipinski definition) is 15. The van der Waals surface area contributed by atoms with E-state index in [1.807, 2.05) is 0 Å². The lowest BCUT2D eigenvalue weighted by Crippen LogP contribution is -2.70. The lowest BCUT2D eigenvalue weighted by Gasteiger charge is -2.51. The molecule has 6 rings (SSSR count). The van der Waals surface area contributed by atoms with Gasteiger partial charge in [-0.05, 0) is 6.92 Å². The van der Waals surface area contributed by atoms with Gasteiger partial charge in [0, 0.05) is 6.92 Å². The van der Waals surface area contributed by atoms with Crippen molar-refractivity contribution in [2.45, 2.75) is 167 Å². The van der Waals surface area contributed by atoms with Crippen LogP contribution in [0.2, 0.25) is 0 Å². The third-order valence-electron chi connectivity index (χ3n) is 11.1. The molecule has 15 N–H and O–H groups in total. The molecule has 1 unspecified atom stereocenters. The Morgan fingerprint density at radius 1 is 0.590 bits per heavy atom. The first kappa shape index (κ1) is 49.1. The molecule has 0 saturated carbocycles. The van der Waals surface area contributed by atoms with Gasteiger partial charge in [-0.15, -0.1) is 0 Å². The van der Waals surface area contributed by atoms with E-state index in [0.717, 1.165) is 6.92 Å². The molecule has 0 aliphatic carbocycles. The van der Waals surface area contributed by atoms with Crippen LogP contribution in [-0.4, -0.2) is 257 Å². The third-order valence-corrected chi connectivity index (χ3v) is 12.1. The van der Waals surface area contributed by atoms with Crippen LogP contribution in [0.1, 0.15) is 13.8 Å². The summed E-state index contributed by atoms with van der Waals surface area (Å²) in [6, 6.07) is -1.80. The van der Waals surface area contributed by atoms with Gasteiger partial charge < -0.3 is 119 Å². The average molecular weight is 916 g/mol. The number of carbonyl (C=O) groups excluding carboxylic acids is 1. The number of phosphoric ester groups is 1. The van der Waals surface area contributed by atoms with Crippen molar-refractivity contribution in [1.29, 1.82) is 0 Å². The van der Waals surface area contributed by atoms with E-state index >= 15 is 0 Å². The van der Waals surface area contributed by atoms with Crippen LogP contribution in [0.5, 0.6) is 0 Å². The van der Waals surface area contributed by atoms with Crippen LogP contribution in [0.15, 0.2) is 0 Å². The quantitative estimate of drug-likeness (QED) is 0.110. The second-order valence-corrected chi connectivity index (χ2v) is 16.7. The summed E-state index contributed by atoms with van der Waals surface area (Å²) in [4.78, 5) is 23.6. The number of aliphatic hydroxyl groups excluding tert-OH is 13. The molecule has 29 heteroatoms. The molecule has 0 radical (unpaired) electrons. The molecule has 6 aliphatic rings. The minimum Gasteiger partial charge on any atom is -0.394 e. The molecule has 0 aromatic carbocycles. The van der Waals surface area contributed by atoms with Crippen LogP contribution >= 0.6 is 7.82 Å². The Hall–Kier alpha value is -1.30. The molecule has 6 heterocycles. The first-order valence-corrected chi connectivity index (χ1v) is 20.7. The summed E-state index contributed by atoms with van der Waals surface area (Å²) in [6.07, 6.45) is -46.7. The molecule has 354 valence electrons. The van der Waals surface area contributed by atoms with Crippen molar-refractivity contribution in [3.63, 3.8) is 0 Å². The minimum absolute atomic E-state index is 0.862. The molecule has 0 spiro atoms. The molecule has 28 nitrogen and oxygen atoms in total. The number of carbonyl (C=O) groups is 1. The molecule has 0 aromatic heterocycles. The summed E-state index contributed by atoms with van der Waals surface area (Å²) >= 11 is 0. The van der Waals surface area contributed by atoms with Crippen molar-refractivity contribution in [2.75, 3.05) is 26.4 Å². The van der Waals surface area contributed by atoms with Gasteiger partial charge in [-0.3, -0.25) is 13.8 Å². The zero-order chi connectivity index (χ0) is 44.8. The smallest absolute Gasteiger partial charge is 0.394 e. The van der Waals surface area contributed by atoms with Crippen LogP contribution in [0.25, 0.3) is 0 Å². The van der Waals surface area contributed by atoms with Crippen molar-refractivity contribution in [2.24, 2.45) is 0 Å². The van der Waals surface area contributed by atoms with Crippen LogP contribution < -0.4 is 5.32 Å². The number of rotatable bonds is 6. The van der Waals surface area contributed by atoms with Crippen molar-refractivity contribution in [1.82, 2.24) is 5.32 Å². The van der Waals surface area contributed by atoms with E-state index in [1.165, 1.54) is 6.92 Å².